The SMILES string of the molecule is CC1CCN(c2ccc(N)cc2NC(=O)COc2ccccc2)CC1. The predicted molar refractivity (Wildman–Crippen MR) is 102 cm³/mol. The van der Waals surface area contributed by atoms with Gasteiger partial charge in [0.2, 0.25) is 0 Å². The van der Waals surface area contributed by atoms with Crippen LogP contribution >= 0.6 is 0 Å². The lowest BCUT2D eigenvalue weighted by atomic mass is 9.98. The highest BCUT2D eigenvalue weighted by Gasteiger charge is 2.19. The van der Waals surface area contributed by atoms with E-state index in [1.807, 2.05) is 48.5 Å². The summed E-state index contributed by atoms with van der Waals surface area (Å²) >= 11 is 0. The quantitative estimate of drug-likeness (QED) is 0.818. The van der Waals surface area contributed by atoms with Gasteiger partial charge in [0, 0.05) is 18.8 Å². The van der Waals surface area contributed by atoms with Crippen LogP contribution in [0.4, 0.5) is 17.1 Å². The van der Waals surface area contributed by atoms with Gasteiger partial charge in [-0.2, -0.15) is 0 Å². The Labute approximate surface area is 148 Å². The van der Waals surface area contributed by atoms with Gasteiger partial charge in [-0.3, -0.25) is 4.79 Å². The Morgan fingerprint density at radius 3 is 2.64 bits per heavy atom. The molecule has 0 bridgehead atoms. The first-order chi connectivity index (χ1) is 12.1. The van der Waals surface area contributed by atoms with Gasteiger partial charge in [0.25, 0.3) is 5.91 Å². The topological polar surface area (TPSA) is 67.6 Å². The summed E-state index contributed by atoms with van der Waals surface area (Å²) in [5.74, 6) is 1.24. The average Bonchev–Trinajstić information content (AvgIpc) is 2.62. The molecule has 5 nitrogen and oxygen atoms in total. The first kappa shape index (κ1) is 17.1. The number of anilines is 3. The van der Waals surface area contributed by atoms with Crippen LogP contribution in [0.15, 0.2) is 48.5 Å². The zero-order valence-electron chi connectivity index (χ0n) is 14.6. The number of carbonyl (C=O) groups excluding carboxylic acids is 1. The summed E-state index contributed by atoms with van der Waals surface area (Å²) in [7, 11) is 0. The van der Waals surface area contributed by atoms with Gasteiger partial charge in [-0.15, -0.1) is 0 Å². The van der Waals surface area contributed by atoms with Gasteiger partial charge in [-0.05, 0) is 49.1 Å². The molecule has 2 aromatic carbocycles. The fourth-order valence-corrected chi connectivity index (χ4v) is 3.03. The Kier molecular flexibility index (Phi) is 5.43. The minimum Gasteiger partial charge on any atom is -0.484 e. The van der Waals surface area contributed by atoms with Gasteiger partial charge < -0.3 is 20.7 Å². The monoisotopic (exact) mass is 339 g/mol. The second-order valence-electron chi connectivity index (χ2n) is 6.60. The molecule has 0 radical (unpaired) electrons. The number of ether oxygens (including phenoxy) is 1. The van der Waals surface area contributed by atoms with Gasteiger partial charge in [0.15, 0.2) is 6.61 Å². The molecular formula is C20H25N3O2. The molecular weight excluding hydrogens is 314 g/mol. The summed E-state index contributed by atoms with van der Waals surface area (Å²) in [4.78, 5) is 14.6. The molecule has 0 saturated carbocycles. The maximum absolute atomic E-state index is 12.3. The molecule has 1 aliphatic rings. The third kappa shape index (κ3) is 4.66. The maximum atomic E-state index is 12.3. The lowest BCUT2D eigenvalue weighted by Crippen LogP contribution is -2.33. The summed E-state index contributed by atoms with van der Waals surface area (Å²) in [5, 5.41) is 2.94. The molecule has 2 aromatic rings. The zero-order chi connectivity index (χ0) is 17.6. The number of hydrogen-bond donors (Lipinski definition) is 2. The summed E-state index contributed by atoms with van der Waals surface area (Å²) < 4.78 is 5.51. The van der Waals surface area contributed by atoms with Crippen LogP contribution in [0.3, 0.4) is 0 Å². The first-order valence-electron chi connectivity index (χ1n) is 8.74. The van der Waals surface area contributed by atoms with Crippen molar-refractivity contribution in [3.63, 3.8) is 0 Å². The fraction of sp³-hybridized carbons (Fsp3) is 0.350. The Bertz CT molecular complexity index is 710. The van der Waals surface area contributed by atoms with E-state index in [-0.39, 0.29) is 12.5 Å². The third-order valence-electron chi connectivity index (χ3n) is 4.53. The van der Waals surface area contributed by atoms with Crippen molar-refractivity contribution >= 4 is 23.0 Å². The molecule has 1 saturated heterocycles. The van der Waals surface area contributed by atoms with Crippen molar-refractivity contribution in [2.24, 2.45) is 5.92 Å². The van der Waals surface area contributed by atoms with Crippen LogP contribution < -0.4 is 20.7 Å². The molecule has 0 spiro atoms. The maximum Gasteiger partial charge on any atom is 0.262 e. The second kappa shape index (κ2) is 7.92. The van der Waals surface area contributed by atoms with Crippen molar-refractivity contribution < 1.29 is 9.53 Å². The average molecular weight is 339 g/mol. The molecule has 3 N–H and O–H groups in total. The number of nitrogens with zero attached hydrogens (tertiary/aromatic N) is 1. The number of nitrogens with one attached hydrogen (secondary N) is 1. The van der Waals surface area contributed by atoms with E-state index >= 15 is 0 Å². The van der Waals surface area contributed by atoms with Crippen molar-refractivity contribution in [3.05, 3.63) is 48.5 Å². The van der Waals surface area contributed by atoms with Crippen molar-refractivity contribution in [1.82, 2.24) is 0 Å². The van der Waals surface area contributed by atoms with Gasteiger partial charge in [-0.1, -0.05) is 25.1 Å². The van der Waals surface area contributed by atoms with Crippen molar-refractivity contribution in [2.45, 2.75) is 19.8 Å². The third-order valence-corrected chi connectivity index (χ3v) is 4.53. The number of nitrogens with two attached hydrogens (primary N) is 1. The van der Waals surface area contributed by atoms with E-state index < -0.39 is 0 Å². The fourth-order valence-electron chi connectivity index (χ4n) is 3.03. The lowest BCUT2D eigenvalue weighted by molar-refractivity contribution is -0.118. The number of amides is 1. The van der Waals surface area contributed by atoms with Gasteiger partial charge >= 0.3 is 0 Å². The summed E-state index contributed by atoms with van der Waals surface area (Å²) in [5.41, 5.74) is 8.32. The van der Waals surface area contributed by atoms with E-state index in [9.17, 15) is 4.79 Å². The molecule has 5 heteroatoms. The second-order valence-corrected chi connectivity index (χ2v) is 6.60. The zero-order valence-corrected chi connectivity index (χ0v) is 14.6. The largest absolute Gasteiger partial charge is 0.484 e. The molecule has 3 rings (SSSR count). The molecule has 25 heavy (non-hydrogen) atoms. The number of rotatable bonds is 5. The van der Waals surface area contributed by atoms with E-state index in [1.165, 1.54) is 0 Å². The van der Waals surface area contributed by atoms with Crippen LogP contribution in [0.1, 0.15) is 19.8 Å². The van der Waals surface area contributed by atoms with Crippen LogP contribution in [-0.2, 0) is 4.79 Å². The van der Waals surface area contributed by atoms with E-state index in [0.717, 1.165) is 43.2 Å². The number of nitrogen functional groups attached to an aromatic ring is 1. The lowest BCUT2D eigenvalue weighted by Gasteiger charge is -2.33. The summed E-state index contributed by atoms with van der Waals surface area (Å²) in [6, 6.07) is 15.0. The van der Waals surface area contributed by atoms with Crippen LogP contribution in [0.25, 0.3) is 0 Å². The highest BCUT2D eigenvalue weighted by molar-refractivity contribution is 5.96. The number of hydrogen-bond acceptors (Lipinski definition) is 4. The Balaban J connectivity index is 1.66. The molecule has 132 valence electrons. The van der Waals surface area contributed by atoms with Gasteiger partial charge in [0.05, 0.1) is 11.4 Å². The standard InChI is InChI=1S/C20H25N3O2/c1-15-9-11-23(12-10-15)19-8-7-16(21)13-18(19)22-20(24)14-25-17-5-3-2-4-6-17/h2-8,13,15H,9-12,14,21H2,1H3,(H,22,24). The molecule has 0 unspecified atom stereocenters. The van der Waals surface area contributed by atoms with Crippen molar-refractivity contribution in [1.29, 1.82) is 0 Å². The van der Waals surface area contributed by atoms with Crippen molar-refractivity contribution in [2.75, 3.05) is 35.6 Å². The molecule has 0 aromatic heterocycles. The van der Waals surface area contributed by atoms with Crippen LogP contribution in [0, 0.1) is 5.92 Å². The Morgan fingerprint density at radius 2 is 1.92 bits per heavy atom. The van der Waals surface area contributed by atoms with Crippen LogP contribution in [0.2, 0.25) is 0 Å². The van der Waals surface area contributed by atoms with Crippen LogP contribution in [-0.4, -0.2) is 25.6 Å². The number of para-hydroxylation sites is 1. The van der Waals surface area contributed by atoms with Crippen LogP contribution in [0.5, 0.6) is 5.75 Å². The molecule has 1 aliphatic heterocycles. The predicted octanol–water partition coefficient (Wildman–Crippen LogP) is 3.52. The van der Waals surface area contributed by atoms with Gasteiger partial charge in [0.1, 0.15) is 5.75 Å². The minimum atomic E-state index is -0.193. The highest BCUT2D eigenvalue weighted by atomic mass is 16.5. The van der Waals surface area contributed by atoms with Gasteiger partial charge in [-0.25, -0.2) is 0 Å². The molecule has 1 amide bonds. The van der Waals surface area contributed by atoms with Crippen molar-refractivity contribution in [3.8, 4) is 5.75 Å². The van der Waals surface area contributed by atoms with E-state index in [0.29, 0.717) is 11.4 Å². The highest BCUT2D eigenvalue weighted by Crippen LogP contribution is 2.31. The summed E-state index contributed by atoms with van der Waals surface area (Å²) in [6.07, 6.45) is 2.32. The smallest absolute Gasteiger partial charge is 0.262 e. The normalized spacial score (nSPS) is 15.0. The molecule has 1 fully saturated rings. The number of benzene rings is 2. The molecule has 0 aliphatic carbocycles. The van der Waals surface area contributed by atoms with E-state index in [4.69, 9.17) is 10.5 Å². The first-order valence-corrected chi connectivity index (χ1v) is 8.74. The van der Waals surface area contributed by atoms with E-state index in [2.05, 4.69) is 17.1 Å². The van der Waals surface area contributed by atoms with E-state index in [1.54, 1.807) is 0 Å². The molecule has 1 heterocycles. The number of piperidine rings is 1. The Hall–Kier alpha value is -2.69. The molecule has 0 atom stereocenters. The number of carbonyl (C=O) groups is 1. The minimum absolute atomic E-state index is 0.0325. The summed E-state index contributed by atoms with van der Waals surface area (Å²) in [6.45, 7) is 4.24. The Morgan fingerprint density at radius 1 is 1.20 bits per heavy atom.